The third-order valence-corrected chi connectivity index (χ3v) is 4.45. The molecular formula is C15H18N2OS. The van der Waals surface area contributed by atoms with Crippen molar-refractivity contribution in [3.63, 3.8) is 0 Å². The third kappa shape index (κ3) is 2.80. The van der Waals surface area contributed by atoms with Crippen LogP contribution in [0.4, 0.5) is 0 Å². The third-order valence-electron chi connectivity index (χ3n) is 3.51. The first-order valence-corrected chi connectivity index (χ1v) is 7.52. The fourth-order valence-corrected chi connectivity index (χ4v) is 3.20. The van der Waals surface area contributed by atoms with Crippen LogP contribution in [0.3, 0.4) is 0 Å². The molecule has 100 valence electrons. The second kappa shape index (κ2) is 5.31. The molecule has 19 heavy (non-hydrogen) atoms. The van der Waals surface area contributed by atoms with E-state index in [0.29, 0.717) is 6.61 Å². The van der Waals surface area contributed by atoms with Gasteiger partial charge in [-0.1, -0.05) is 6.07 Å². The lowest BCUT2D eigenvalue weighted by Crippen LogP contribution is -2.17. The monoisotopic (exact) mass is 274 g/mol. The molecule has 1 aliphatic carbocycles. The summed E-state index contributed by atoms with van der Waals surface area (Å²) in [7, 11) is 0. The number of hydrogen-bond donors (Lipinski definition) is 1. The van der Waals surface area contributed by atoms with Crippen molar-refractivity contribution < 1.29 is 4.74 Å². The van der Waals surface area contributed by atoms with Crippen molar-refractivity contribution in [2.75, 3.05) is 0 Å². The van der Waals surface area contributed by atoms with Crippen LogP contribution in [-0.2, 0) is 13.0 Å². The SMILES string of the molecule is Cc1csc(COc2ccc3c(c2)[C@H](N)CCC3)n1. The first-order chi connectivity index (χ1) is 9.22. The lowest BCUT2D eigenvalue weighted by molar-refractivity contribution is 0.304. The van der Waals surface area contributed by atoms with Crippen LogP contribution in [0.1, 0.15) is 40.7 Å². The molecule has 1 aromatic heterocycles. The van der Waals surface area contributed by atoms with E-state index in [4.69, 9.17) is 10.5 Å². The number of benzene rings is 1. The minimum Gasteiger partial charge on any atom is -0.486 e. The van der Waals surface area contributed by atoms with Gasteiger partial charge in [-0.15, -0.1) is 11.3 Å². The first kappa shape index (κ1) is 12.6. The quantitative estimate of drug-likeness (QED) is 0.933. The van der Waals surface area contributed by atoms with Crippen LogP contribution in [0.5, 0.6) is 5.75 Å². The van der Waals surface area contributed by atoms with Gasteiger partial charge in [0.25, 0.3) is 0 Å². The molecule has 0 fully saturated rings. The highest BCUT2D eigenvalue weighted by atomic mass is 32.1. The van der Waals surface area contributed by atoms with Gasteiger partial charge >= 0.3 is 0 Å². The molecule has 0 radical (unpaired) electrons. The molecular weight excluding hydrogens is 256 g/mol. The van der Waals surface area contributed by atoms with Gasteiger partial charge in [0.15, 0.2) is 0 Å². The van der Waals surface area contributed by atoms with E-state index in [2.05, 4.69) is 17.1 Å². The van der Waals surface area contributed by atoms with Crippen molar-refractivity contribution in [3.8, 4) is 5.75 Å². The van der Waals surface area contributed by atoms with E-state index in [1.54, 1.807) is 11.3 Å². The van der Waals surface area contributed by atoms with Crippen LogP contribution < -0.4 is 10.5 Å². The lowest BCUT2D eigenvalue weighted by Gasteiger charge is -2.22. The first-order valence-electron chi connectivity index (χ1n) is 6.64. The Balaban J connectivity index is 1.73. The molecule has 0 amide bonds. The average Bonchev–Trinajstić information content (AvgIpc) is 2.83. The molecule has 4 heteroatoms. The fraction of sp³-hybridized carbons (Fsp3) is 0.400. The van der Waals surface area contributed by atoms with Crippen LogP contribution in [0, 0.1) is 6.92 Å². The zero-order valence-corrected chi connectivity index (χ0v) is 11.9. The maximum Gasteiger partial charge on any atom is 0.140 e. The molecule has 0 saturated carbocycles. The Morgan fingerprint density at radius 3 is 3.16 bits per heavy atom. The van der Waals surface area contributed by atoms with Gasteiger partial charge in [-0.25, -0.2) is 4.98 Å². The Hall–Kier alpha value is -1.39. The Kier molecular flexibility index (Phi) is 3.53. The van der Waals surface area contributed by atoms with E-state index in [-0.39, 0.29) is 6.04 Å². The van der Waals surface area contributed by atoms with Gasteiger partial charge in [0, 0.05) is 17.1 Å². The number of ether oxygens (including phenoxy) is 1. The van der Waals surface area contributed by atoms with Gasteiger partial charge in [-0.05, 0) is 49.4 Å². The summed E-state index contributed by atoms with van der Waals surface area (Å²) in [4.78, 5) is 4.40. The molecule has 0 unspecified atom stereocenters. The fourth-order valence-electron chi connectivity index (χ4n) is 2.52. The highest BCUT2D eigenvalue weighted by Crippen LogP contribution is 2.31. The topological polar surface area (TPSA) is 48.1 Å². The van der Waals surface area contributed by atoms with Crippen molar-refractivity contribution in [2.45, 2.75) is 38.8 Å². The molecule has 0 saturated heterocycles. The number of fused-ring (bicyclic) bond motifs is 1. The number of aryl methyl sites for hydroxylation is 2. The van der Waals surface area contributed by atoms with Crippen LogP contribution in [0.15, 0.2) is 23.6 Å². The van der Waals surface area contributed by atoms with E-state index in [0.717, 1.165) is 29.3 Å². The molecule has 1 heterocycles. The number of aromatic nitrogens is 1. The smallest absolute Gasteiger partial charge is 0.140 e. The summed E-state index contributed by atoms with van der Waals surface area (Å²) in [5.74, 6) is 0.893. The molecule has 2 N–H and O–H groups in total. The van der Waals surface area contributed by atoms with Gasteiger partial charge in [0.1, 0.15) is 17.4 Å². The average molecular weight is 274 g/mol. The number of thiazole rings is 1. The summed E-state index contributed by atoms with van der Waals surface area (Å²) in [5, 5.41) is 3.06. The number of rotatable bonds is 3. The van der Waals surface area contributed by atoms with Gasteiger partial charge in [0.2, 0.25) is 0 Å². The van der Waals surface area contributed by atoms with Crippen LogP contribution >= 0.6 is 11.3 Å². The summed E-state index contributed by atoms with van der Waals surface area (Å²) in [5.41, 5.74) is 9.83. The number of hydrogen-bond acceptors (Lipinski definition) is 4. The lowest BCUT2D eigenvalue weighted by atomic mass is 9.88. The number of nitrogens with two attached hydrogens (primary N) is 1. The second-order valence-electron chi connectivity index (χ2n) is 5.03. The van der Waals surface area contributed by atoms with Crippen molar-refractivity contribution in [3.05, 3.63) is 45.4 Å². The predicted octanol–water partition coefficient (Wildman–Crippen LogP) is 3.37. The van der Waals surface area contributed by atoms with Crippen molar-refractivity contribution >= 4 is 11.3 Å². The largest absolute Gasteiger partial charge is 0.486 e. The van der Waals surface area contributed by atoms with Crippen molar-refractivity contribution in [2.24, 2.45) is 5.73 Å². The number of nitrogens with zero attached hydrogens (tertiary/aromatic N) is 1. The standard InChI is InChI=1S/C15H18N2OS/c1-10-9-19-15(17-10)8-18-12-6-5-11-3-2-4-14(16)13(11)7-12/h5-7,9,14H,2-4,8,16H2,1H3/t14-/m1/s1. The van der Waals surface area contributed by atoms with Crippen LogP contribution in [0.2, 0.25) is 0 Å². The summed E-state index contributed by atoms with van der Waals surface area (Å²) in [6, 6.07) is 6.45. The molecule has 2 aromatic rings. The minimum absolute atomic E-state index is 0.161. The maximum atomic E-state index is 6.16. The van der Waals surface area contributed by atoms with Crippen LogP contribution in [-0.4, -0.2) is 4.98 Å². The predicted molar refractivity (Wildman–Crippen MR) is 77.5 cm³/mol. The second-order valence-corrected chi connectivity index (χ2v) is 5.97. The molecule has 0 spiro atoms. The summed E-state index contributed by atoms with van der Waals surface area (Å²) in [6.07, 6.45) is 3.39. The van der Waals surface area contributed by atoms with Gasteiger partial charge in [-0.3, -0.25) is 0 Å². The van der Waals surface area contributed by atoms with Gasteiger partial charge in [-0.2, -0.15) is 0 Å². The molecule has 1 aromatic carbocycles. The highest BCUT2D eigenvalue weighted by Gasteiger charge is 2.17. The normalized spacial score (nSPS) is 18.1. The van der Waals surface area contributed by atoms with E-state index in [1.807, 2.05) is 18.4 Å². The highest BCUT2D eigenvalue weighted by molar-refractivity contribution is 7.09. The van der Waals surface area contributed by atoms with E-state index in [9.17, 15) is 0 Å². The van der Waals surface area contributed by atoms with Gasteiger partial charge in [0.05, 0.1) is 0 Å². The van der Waals surface area contributed by atoms with E-state index >= 15 is 0 Å². The molecule has 1 atom stereocenters. The van der Waals surface area contributed by atoms with Crippen molar-refractivity contribution in [1.29, 1.82) is 0 Å². The Labute approximate surface area is 117 Å². The molecule has 1 aliphatic rings. The Morgan fingerprint density at radius 2 is 2.37 bits per heavy atom. The summed E-state index contributed by atoms with van der Waals surface area (Å²) < 4.78 is 5.81. The zero-order chi connectivity index (χ0) is 13.2. The molecule has 0 aliphatic heterocycles. The maximum absolute atomic E-state index is 6.16. The molecule has 3 nitrogen and oxygen atoms in total. The van der Waals surface area contributed by atoms with E-state index < -0.39 is 0 Å². The van der Waals surface area contributed by atoms with Crippen LogP contribution in [0.25, 0.3) is 0 Å². The molecule has 3 rings (SSSR count). The minimum atomic E-state index is 0.161. The summed E-state index contributed by atoms with van der Waals surface area (Å²) in [6.45, 7) is 2.53. The zero-order valence-electron chi connectivity index (χ0n) is 11.1. The molecule has 0 bridgehead atoms. The van der Waals surface area contributed by atoms with Gasteiger partial charge < -0.3 is 10.5 Å². The Morgan fingerprint density at radius 1 is 1.47 bits per heavy atom. The van der Waals surface area contributed by atoms with E-state index in [1.165, 1.54) is 17.5 Å². The van der Waals surface area contributed by atoms with Crippen molar-refractivity contribution in [1.82, 2.24) is 4.98 Å². The summed E-state index contributed by atoms with van der Waals surface area (Å²) >= 11 is 1.64. The Bertz CT molecular complexity index is 579.